The van der Waals surface area contributed by atoms with E-state index in [-0.39, 0.29) is 18.0 Å². The molecule has 0 saturated heterocycles. The van der Waals surface area contributed by atoms with Crippen LogP contribution in [0.15, 0.2) is 58.3 Å². The topological polar surface area (TPSA) is 66.8 Å². The van der Waals surface area contributed by atoms with Gasteiger partial charge in [0, 0.05) is 9.79 Å². The van der Waals surface area contributed by atoms with Gasteiger partial charge in [-0.1, -0.05) is 30.8 Å². The minimum absolute atomic E-state index is 0.0154. The largest absolute Gasteiger partial charge is 0.508 e. The van der Waals surface area contributed by atoms with Crippen LogP contribution in [0.3, 0.4) is 0 Å². The molecule has 2 aromatic carbocycles. The third kappa shape index (κ3) is 6.04. The van der Waals surface area contributed by atoms with E-state index in [0.717, 1.165) is 15.4 Å². The highest BCUT2D eigenvalue weighted by Crippen LogP contribution is 2.47. The molecule has 4 nitrogen and oxygen atoms in total. The van der Waals surface area contributed by atoms with Crippen LogP contribution in [0.2, 0.25) is 0 Å². The van der Waals surface area contributed by atoms with E-state index in [2.05, 4.69) is 0 Å². The highest BCUT2D eigenvalue weighted by molar-refractivity contribution is 7.99. The van der Waals surface area contributed by atoms with Crippen molar-refractivity contribution < 1.29 is 19.1 Å². The number of phenolic OH excluding ortho intramolecular Hbond substituents is 1. The Labute approximate surface area is 141 Å². The minimum Gasteiger partial charge on any atom is -0.508 e. The van der Waals surface area contributed by atoms with Crippen molar-refractivity contribution in [1.29, 1.82) is 0 Å². The summed E-state index contributed by atoms with van der Waals surface area (Å²) in [5, 5.41) is 9.28. The van der Waals surface area contributed by atoms with Gasteiger partial charge in [-0.3, -0.25) is 4.57 Å². The summed E-state index contributed by atoms with van der Waals surface area (Å²) < 4.78 is 17.3. The summed E-state index contributed by atoms with van der Waals surface area (Å²) >= 11 is 1.56. The van der Waals surface area contributed by atoms with Crippen molar-refractivity contribution in [3.8, 4) is 5.75 Å². The molecule has 0 heterocycles. The first-order valence-electron chi connectivity index (χ1n) is 7.44. The molecule has 0 amide bonds. The molecule has 0 aliphatic heterocycles. The Hall–Kier alpha value is -1.26. The zero-order valence-corrected chi connectivity index (χ0v) is 14.9. The standard InChI is InChI=1S/C17H21O4PS/c1-3-13(2)21-22(19,20)12-14-4-8-16(9-5-14)23-17-10-6-15(18)7-11-17/h4-11,13,18H,3,12H2,1-2H3,(H,19,20). The van der Waals surface area contributed by atoms with Gasteiger partial charge in [0.1, 0.15) is 5.75 Å². The van der Waals surface area contributed by atoms with Gasteiger partial charge in [-0.2, -0.15) is 0 Å². The molecular weight excluding hydrogens is 331 g/mol. The van der Waals surface area contributed by atoms with Crippen molar-refractivity contribution >= 4 is 19.4 Å². The summed E-state index contributed by atoms with van der Waals surface area (Å²) in [6.45, 7) is 3.71. The fourth-order valence-electron chi connectivity index (χ4n) is 1.94. The number of rotatable bonds is 7. The highest BCUT2D eigenvalue weighted by atomic mass is 32.2. The Morgan fingerprint density at radius 2 is 1.61 bits per heavy atom. The van der Waals surface area contributed by atoms with Crippen molar-refractivity contribution in [2.24, 2.45) is 0 Å². The Bertz CT molecular complexity index is 670. The number of benzene rings is 2. The van der Waals surface area contributed by atoms with Crippen LogP contribution in [-0.2, 0) is 15.3 Å². The van der Waals surface area contributed by atoms with Crippen LogP contribution < -0.4 is 0 Å². The van der Waals surface area contributed by atoms with Crippen LogP contribution in [-0.4, -0.2) is 16.1 Å². The summed E-state index contributed by atoms with van der Waals surface area (Å²) in [4.78, 5) is 11.9. The zero-order chi connectivity index (χ0) is 16.9. The molecule has 0 saturated carbocycles. The summed E-state index contributed by atoms with van der Waals surface area (Å²) in [5.41, 5.74) is 0.772. The number of aromatic hydroxyl groups is 1. The molecule has 0 radical (unpaired) electrons. The molecule has 2 N–H and O–H groups in total. The summed E-state index contributed by atoms with van der Waals surface area (Å²) in [6, 6.07) is 14.5. The molecule has 2 rings (SSSR count). The molecule has 0 aliphatic carbocycles. The zero-order valence-electron chi connectivity index (χ0n) is 13.2. The number of hydrogen-bond donors (Lipinski definition) is 2. The third-order valence-electron chi connectivity index (χ3n) is 3.30. The van der Waals surface area contributed by atoms with Crippen LogP contribution in [0.1, 0.15) is 25.8 Å². The first kappa shape index (κ1) is 18.1. The lowest BCUT2D eigenvalue weighted by Gasteiger charge is -2.16. The van der Waals surface area contributed by atoms with Gasteiger partial charge in [-0.05, 0) is 55.3 Å². The predicted molar refractivity (Wildman–Crippen MR) is 93.0 cm³/mol. The quantitative estimate of drug-likeness (QED) is 0.683. The van der Waals surface area contributed by atoms with Gasteiger partial charge in [0.05, 0.1) is 12.3 Å². The SMILES string of the molecule is CCC(C)OP(=O)(O)Cc1ccc(Sc2ccc(O)cc2)cc1. The van der Waals surface area contributed by atoms with Crippen molar-refractivity contribution in [3.63, 3.8) is 0 Å². The average molecular weight is 352 g/mol. The summed E-state index contributed by atoms with van der Waals surface area (Å²) in [5.74, 6) is 0.240. The average Bonchev–Trinajstić information content (AvgIpc) is 2.50. The van der Waals surface area contributed by atoms with Gasteiger partial charge in [0.25, 0.3) is 0 Å². The lowest BCUT2D eigenvalue weighted by atomic mass is 10.2. The fraction of sp³-hybridized carbons (Fsp3) is 0.294. The second-order valence-corrected chi connectivity index (χ2v) is 8.31. The first-order chi connectivity index (χ1) is 10.9. The van der Waals surface area contributed by atoms with E-state index in [1.165, 1.54) is 0 Å². The fourth-order valence-corrected chi connectivity index (χ4v) is 4.21. The Morgan fingerprint density at radius 1 is 1.09 bits per heavy atom. The van der Waals surface area contributed by atoms with Crippen molar-refractivity contribution in [1.82, 2.24) is 0 Å². The molecule has 0 fully saturated rings. The van der Waals surface area contributed by atoms with Gasteiger partial charge in [0.2, 0.25) is 0 Å². The van der Waals surface area contributed by atoms with Gasteiger partial charge in [-0.15, -0.1) is 0 Å². The van der Waals surface area contributed by atoms with E-state index >= 15 is 0 Å². The third-order valence-corrected chi connectivity index (χ3v) is 5.77. The first-order valence-corrected chi connectivity index (χ1v) is 10.0. The highest BCUT2D eigenvalue weighted by Gasteiger charge is 2.22. The van der Waals surface area contributed by atoms with Crippen molar-refractivity contribution in [3.05, 3.63) is 54.1 Å². The lowest BCUT2D eigenvalue weighted by Crippen LogP contribution is -2.05. The van der Waals surface area contributed by atoms with E-state index in [1.807, 2.05) is 43.3 Å². The Morgan fingerprint density at radius 3 is 2.13 bits per heavy atom. The van der Waals surface area contributed by atoms with Crippen LogP contribution in [0, 0.1) is 0 Å². The summed E-state index contributed by atoms with van der Waals surface area (Å²) in [6.07, 6.45) is 0.490. The second-order valence-electron chi connectivity index (χ2n) is 5.36. The number of hydrogen-bond acceptors (Lipinski definition) is 4. The summed E-state index contributed by atoms with van der Waals surface area (Å²) in [7, 11) is -3.61. The molecule has 6 heteroatoms. The number of phenols is 1. The van der Waals surface area contributed by atoms with Crippen LogP contribution >= 0.6 is 19.4 Å². The van der Waals surface area contributed by atoms with Crippen LogP contribution in [0.5, 0.6) is 5.75 Å². The van der Waals surface area contributed by atoms with E-state index in [0.29, 0.717) is 6.42 Å². The predicted octanol–water partition coefficient (Wildman–Crippen LogP) is 5.04. The smallest absolute Gasteiger partial charge is 0.332 e. The van der Waals surface area contributed by atoms with E-state index in [1.54, 1.807) is 30.8 Å². The van der Waals surface area contributed by atoms with Crippen molar-refractivity contribution in [2.75, 3.05) is 0 Å². The molecule has 2 atom stereocenters. The van der Waals surface area contributed by atoms with Gasteiger partial charge in [-0.25, -0.2) is 0 Å². The van der Waals surface area contributed by atoms with E-state index < -0.39 is 7.60 Å². The maximum absolute atomic E-state index is 12.1. The Balaban J connectivity index is 1.99. The lowest BCUT2D eigenvalue weighted by molar-refractivity contribution is 0.185. The molecule has 23 heavy (non-hydrogen) atoms. The second kappa shape index (κ2) is 8.02. The monoisotopic (exact) mass is 352 g/mol. The maximum atomic E-state index is 12.1. The molecule has 0 aliphatic rings. The van der Waals surface area contributed by atoms with E-state index in [9.17, 15) is 14.6 Å². The van der Waals surface area contributed by atoms with Gasteiger partial charge < -0.3 is 14.5 Å². The van der Waals surface area contributed by atoms with Crippen LogP contribution in [0.4, 0.5) is 0 Å². The molecule has 0 aromatic heterocycles. The van der Waals surface area contributed by atoms with Crippen molar-refractivity contribution in [2.45, 2.75) is 42.3 Å². The normalized spacial score (nSPS) is 15.1. The molecule has 0 bridgehead atoms. The van der Waals surface area contributed by atoms with E-state index in [4.69, 9.17) is 4.52 Å². The molecule has 0 spiro atoms. The Kier molecular flexibility index (Phi) is 6.31. The maximum Gasteiger partial charge on any atom is 0.332 e. The molecule has 2 aromatic rings. The molecule has 2 unspecified atom stereocenters. The van der Waals surface area contributed by atoms with Gasteiger partial charge in [0.15, 0.2) is 0 Å². The molecular formula is C17H21O4PS. The molecule has 124 valence electrons. The minimum atomic E-state index is -3.61. The van der Waals surface area contributed by atoms with Crippen LogP contribution in [0.25, 0.3) is 0 Å². The van der Waals surface area contributed by atoms with Gasteiger partial charge >= 0.3 is 7.60 Å².